The van der Waals surface area contributed by atoms with Crippen LogP contribution < -0.4 is 0 Å². The van der Waals surface area contributed by atoms with E-state index in [2.05, 4.69) is 30.5 Å². The van der Waals surface area contributed by atoms with E-state index in [-0.39, 0.29) is 25.0 Å². The van der Waals surface area contributed by atoms with E-state index in [0.29, 0.717) is 6.54 Å². The summed E-state index contributed by atoms with van der Waals surface area (Å²) < 4.78 is 27.2. The number of rotatable bonds is 7. The molecule has 2 heterocycles. The lowest BCUT2D eigenvalue weighted by Crippen LogP contribution is -2.46. The molecule has 3 aromatic rings. The minimum atomic E-state index is -3.74. The van der Waals surface area contributed by atoms with Crippen molar-refractivity contribution in [2.75, 3.05) is 19.6 Å². The lowest BCUT2D eigenvalue weighted by molar-refractivity contribution is -0.133. The summed E-state index contributed by atoms with van der Waals surface area (Å²) in [6.45, 7) is 4.42. The molecule has 1 unspecified atom stereocenters. The van der Waals surface area contributed by atoms with E-state index in [1.807, 2.05) is 47.4 Å². The van der Waals surface area contributed by atoms with Crippen LogP contribution in [0.1, 0.15) is 40.1 Å². The van der Waals surface area contributed by atoms with Gasteiger partial charge in [-0.25, -0.2) is 8.42 Å². The number of carbonyl (C=O) groups is 1. The lowest BCUT2D eigenvalue weighted by atomic mass is 9.90. The molecule has 7 heteroatoms. The second-order valence-corrected chi connectivity index (χ2v) is 10.9. The minimum absolute atomic E-state index is 0.181. The van der Waals surface area contributed by atoms with Crippen molar-refractivity contribution >= 4 is 33.3 Å². The van der Waals surface area contributed by atoms with Crippen LogP contribution in [0.15, 0.2) is 71.5 Å². The first-order valence-corrected chi connectivity index (χ1v) is 13.4. The van der Waals surface area contributed by atoms with Gasteiger partial charge in [0.25, 0.3) is 0 Å². The SMILES string of the molecule is CCN(CC(=O)N1CCc2sccc2C1c1ccccc1C)S(=O)(=O)C=Cc1ccccc1. The summed E-state index contributed by atoms with van der Waals surface area (Å²) in [5.74, 6) is -0.182. The number of thiophene rings is 1. The molecule has 1 aliphatic rings. The van der Waals surface area contributed by atoms with Gasteiger partial charge in [0.1, 0.15) is 0 Å². The average Bonchev–Trinajstić information content (AvgIpc) is 3.30. The molecule has 0 fully saturated rings. The summed E-state index contributed by atoms with van der Waals surface area (Å²) in [4.78, 5) is 16.6. The topological polar surface area (TPSA) is 57.7 Å². The van der Waals surface area contributed by atoms with Gasteiger partial charge in [0.15, 0.2) is 0 Å². The van der Waals surface area contributed by atoms with Crippen LogP contribution >= 0.6 is 11.3 Å². The fourth-order valence-electron chi connectivity index (χ4n) is 4.25. The third-order valence-electron chi connectivity index (χ3n) is 6.03. The molecule has 0 saturated heterocycles. The van der Waals surface area contributed by atoms with Gasteiger partial charge in [0, 0.05) is 23.4 Å². The minimum Gasteiger partial charge on any atom is -0.330 e. The standard InChI is InChI=1S/C26H28N2O3S2/c1-3-27(33(30,31)18-15-21-10-5-4-6-11-21)19-25(29)28-16-13-24-23(14-17-32-24)26(28)22-12-8-7-9-20(22)2/h4-12,14-15,17-18,26H,3,13,16,19H2,1-2H3. The highest BCUT2D eigenvalue weighted by atomic mass is 32.2. The van der Waals surface area contributed by atoms with Gasteiger partial charge in [-0.3, -0.25) is 4.79 Å². The number of hydrogen-bond donors (Lipinski definition) is 0. The van der Waals surface area contributed by atoms with Crippen molar-refractivity contribution in [2.45, 2.75) is 26.3 Å². The Labute approximate surface area is 200 Å². The number of sulfonamides is 1. The molecule has 33 heavy (non-hydrogen) atoms. The van der Waals surface area contributed by atoms with Crippen molar-refractivity contribution in [2.24, 2.45) is 0 Å². The first-order valence-electron chi connectivity index (χ1n) is 11.0. The average molecular weight is 481 g/mol. The molecule has 172 valence electrons. The molecule has 1 atom stereocenters. The van der Waals surface area contributed by atoms with Gasteiger partial charge in [-0.05, 0) is 53.1 Å². The maximum absolute atomic E-state index is 13.5. The van der Waals surface area contributed by atoms with E-state index in [9.17, 15) is 13.2 Å². The van der Waals surface area contributed by atoms with Crippen LogP contribution in [0.5, 0.6) is 0 Å². The number of hydrogen-bond acceptors (Lipinski definition) is 4. The molecule has 4 rings (SSSR count). The molecule has 0 spiro atoms. The fraction of sp³-hybridized carbons (Fsp3) is 0.269. The van der Waals surface area contributed by atoms with Crippen molar-refractivity contribution in [1.82, 2.24) is 9.21 Å². The summed E-state index contributed by atoms with van der Waals surface area (Å²) in [7, 11) is -3.74. The van der Waals surface area contributed by atoms with Crippen LogP contribution in [0.2, 0.25) is 0 Å². The molecule has 1 aromatic heterocycles. The fourth-order valence-corrected chi connectivity index (χ4v) is 6.31. The van der Waals surface area contributed by atoms with Crippen LogP contribution in [-0.4, -0.2) is 43.2 Å². The quantitative estimate of drug-likeness (QED) is 0.486. The van der Waals surface area contributed by atoms with E-state index < -0.39 is 10.0 Å². The highest BCUT2D eigenvalue weighted by molar-refractivity contribution is 7.92. The molecule has 2 aromatic carbocycles. The molecule has 5 nitrogen and oxygen atoms in total. The highest BCUT2D eigenvalue weighted by Gasteiger charge is 2.35. The smallest absolute Gasteiger partial charge is 0.238 e. The number of likely N-dealkylation sites (N-methyl/N-ethyl adjacent to an activating group) is 1. The van der Waals surface area contributed by atoms with E-state index >= 15 is 0 Å². The maximum atomic E-state index is 13.5. The molecule has 0 saturated carbocycles. The van der Waals surface area contributed by atoms with Gasteiger partial charge in [-0.1, -0.05) is 61.5 Å². The zero-order chi connectivity index (χ0) is 23.4. The van der Waals surface area contributed by atoms with Gasteiger partial charge in [0.2, 0.25) is 15.9 Å². The third-order valence-corrected chi connectivity index (χ3v) is 8.61. The molecular formula is C26H28N2O3S2. The Kier molecular flexibility index (Phi) is 7.12. The van der Waals surface area contributed by atoms with Crippen molar-refractivity contribution in [3.05, 3.63) is 98.6 Å². The Morgan fingerprint density at radius 2 is 1.82 bits per heavy atom. The van der Waals surface area contributed by atoms with Gasteiger partial charge >= 0.3 is 0 Å². The number of carbonyl (C=O) groups excluding carboxylic acids is 1. The van der Waals surface area contributed by atoms with E-state index in [1.165, 1.54) is 14.6 Å². The summed E-state index contributed by atoms with van der Waals surface area (Å²) in [6, 6.07) is 19.3. The van der Waals surface area contributed by atoms with Crippen LogP contribution in [0.25, 0.3) is 6.08 Å². The zero-order valence-corrected chi connectivity index (χ0v) is 20.5. The molecule has 0 aliphatic carbocycles. The molecular weight excluding hydrogens is 452 g/mol. The number of amides is 1. The summed E-state index contributed by atoms with van der Waals surface area (Å²) in [6.07, 6.45) is 2.35. The lowest BCUT2D eigenvalue weighted by Gasteiger charge is -2.38. The Morgan fingerprint density at radius 3 is 2.55 bits per heavy atom. The number of benzene rings is 2. The molecule has 0 radical (unpaired) electrons. The molecule has 0 N–H and O–H groups in total. The Bertz CT molecular complexity index is 1250. The number of aryl methyl sites for hydroxylation is 1. The van der Waals surface area contributed by atoms with E-state index in [1.54, 1.807) is 24.3 Å². The maximum Gasteiger partial charge on any atom is 0.238 e. The Balaban J connectivity index is 1.59. The first kappa shape index (κ1) is 23.4. The number of nitrogens with zero attached hydrogens (tertiary/aromatic N) is 2. The second-order valence-electron chi connectivity index (χ2n) is 8.08. The predicted molar refractivity (Wildman–Crippen MR) is 134 cm³/mol. The van der Waals surface area contributed by atoms with Crippen LogP contribution in [0.4, 0.5) is 0 Å². The van der Waals surface area contributed by atoms with Gasteiger partial charge < -0.3 is 4.90 Å². The monoisotopic (exact) mass is 480 g/mol. The van der Waals surface area contributed by atoms with Crippen molar-refractivity contribution in [3.8, 4) is 0 Å². The Hall–Kier alpha value is -2.74. The van der Waals surface area contributed by atoms with Crippen LogP contribution in [0, 0.1) is 6.92 Å². The third kappa shape index (κ3) is 5.11. The van der Waals surface area contributed by atoms with Gasteiger partial charge in [0.05, 0.1) is 12.6 Å². The van der Waals surface area contributed by atoms with Crippen molar-refractivity contribution < 1.29 is 13.2 Å². The Morgan fingerprint density at radius 1 is 1.09 bits per heavy atom. The van der Waals surface area contributed by atoms with Crippen LogP contribution in [-0.2, 0) is 21.2 Å². The predicted octanol–water partition coefficient (Wildman–Crippen LogP) is 4.85. The molecule has 0 bridgehead atoms. The molecule has 1 amide bonds. The summed E-state index contributed by atoms with van der Waals surface area (Å²) in [5, 5.41) is 3.26. The first-order chi connectivity index (χ1) is 15.9. The second kappa shape index (κ2) is 10.0. The molecule has 1 aliphatic heterocycles. The van der Waals surface area contributed by atoms with Crippen LogP contribution in [0.3, 0.4) is 0 Å². The van der Waals surface area contributed by atoms with Gasteiger partial charge in [-0.15, -0.1) is 11.3 Å². The highest BCUT2D eigenvalue weighted by Crippen LogP contribution is 2.39. The van der Waals surface area contributed by atoms with E-state index in [0.717, 1.165) is 28.7 Å². The zero-order valence-electron chi connectivity index (χ0n) is 18.8. The normalized spacial score (nSPS) is 16.3. The number of fused-ring (bicyclic) bond motifs is 1. The van der Waals surface area contributed by atoms with E-state index in [4.69, 9.17) is 0 Å². The largest absolute Gasteiger partial charge is 0.330 e. The van der Waals surface area contributed by atoms with Gasteiger partial charge in [-0.2, -0.15) is 4.31 Å². The summed E-state index contributed by atoms with van der Waals surface area (Å²) >= 11 is 1.72. The van der Waals surface area contributed by atoms with Crippen molar-refractivity contribution in [3.63, 3.8) is 0 Å². The van der Waals surface area contributed by atoms with Crippen molar-refractivity contribution in [1.29, 1.82) is 0 Å². The summed E-state index contributed by atoms with van der Waals surface area (Å²) in [5.41, 5.74) is 4.14.